The lowest BCUT2D eigenvalue weighted by Crippen LogP contribution is -2.37. The highest BCUT2D eigenvalue weighted by molar-refractivity contribution is 9.10. The summed E-state index contributed by atoms with van der Waals surface area (Å²) in [6.07, 6.45) is 2.06. The van der Waals surface area contributed by atoms with Gasteiger partial charge in [0.15, 0.2) is 0 Å². The Morgan fingerprint density at radius 3 is 3.00 bits per heavy atom. The van der Waals surface area contributed by atoms with E-state index in [0.29, 0.717) is 6.54 Å². The number of nitrogens with one attached hydrogen (secondary N) is 2. The minimum absolute atomic E-state index is 0.225. The first-order chi connectivity index (χ1) is 8.57. The molecule has 0 spiro atoms. The Morgan fingerprint density at radius 2 is 2.39 bits per heavy atom. The number of thiophene rings is 1. The molecule has 18 heavy (non-hydrogen) atoms. The first-order valence-corrected chi connectivity index (χ1v) is 9.29. The van der Waals surface area contributed by atoms with Crippen molar-refractivity contribution in [3.63, 3.8) is 0 Å². The molecule has 0 amide bonds. The molecule has 0 saturated carbocycles. The molecule has 0 bridgehead atoms. The second-order valence-corrected chi connectivity index (χ2v) is 8.21. The molecule has 0 radical (unpaired) electrons. The molecule has 2 rings (SSSR count). The van der Waals surface area contributed by atoms with Gasteiger partial charge in [0.25, 0.3) is 0 Å². The van der Waals surface area contributed by atoms with E-state index >= 15 is 0 Å². The number of sulfonamides is 1. The molecule has 1 aromatic rings. The predicted octanol–water partition coefficient (Wildman–Crippen LogP) is 1.93. The Balaban J connectivity index is 1.85. The molecule has 0 aliphatic carbocycles. The molecule has 1 aliphatic heterocycles. The summed E-state index contributed by atoms with van der Waals surface area (Å²) in [6.45, 7) is 2.19. The van der Waals surface area contributed by atoms with Gasteiger partial charge in [0.2, 0.25) is 10.0 Å². The molecule has 1 saturated heterocycles. The summed E-state index contributed by atoms with van der Waals surface area (Å²) in [5, 5.41) is 5.18. The first kappa shape index (κ1) is 14.5. The third-order valence-corrected chi connectivity index (χ3v) is 6.42. The minimum Gasteiger partial charge on any atom is -0.316 e. The van der Waals surface area contributed by atoms with Gasteiger partial charge in [-0.25, -0.2) is 13.1 Å². The molecule has 1 aliphatic rings. The van der Waals surface area contributed by atoms with Gasteiger partial charge in [-0.05, 0) is 59.2 Å². The van der Waals surface area contributed by atoms with Gasteiger partial charge in [-0.2, -0.15) is 0 Å². The van der Waals surface area contributed by atoms with E-state index in [1.54, 1.807) is 11.3 Å². The van der Waals surface area contributed by atoms with Crippen molar-refractivity contribution in [1.82, 2.24) is 10.0 Å². The van der Waals surface area contributed by atoms with E-state index in [1.165, 1.54) is 0 Å². The normalized spacial score (nSPS) is 21.1. The number of rotatable bonds is 5. The largest absolute Gasteiger partial charge is 0.316 e. The number of halogens is 1. The molecule has 7 heteroatoms. The summed E-state index contributed by atoms with van der Waals surface area (Å²) < 4.78 is 27.6. The van der Waals surface area contributed by atoms with Crippen molar-refractivity contribution < 1.29 is 8.42 Å². The lowest BCUT2D eigenvalue weighted by molar-refractivity contribution is 0.402. The van der Waals surface area contributed by atoms with Gasteiger partial charge in [0.1, 0.15) is 0 Å². The van der Waals surface area contributed by atoms with Crippen molar-refractivity contribution in [1.29, 1.82) is 0 Å². The molecular formula is C11H17BrN2O2S2. The average Bonchev–Trinajstić information content (AvgIpc) is 2.73. The maximum atomic E-state index is 12.0. The van der Waals surface area contributed by atoms with Crippen LogP contribution in [0.25, 0.3) is 0 Å². The van der Waals surface area contributed by atoms with Crippen molar-refractivity contribution >= 4 is 37.3 Å². The molecule has 2 N–H and O–H groups in total. The lowest BCUT2D eigenvalue weighted by atomic mass is 10.0. The van der Waals surface area contributed by atoms with Crippen LogP contribution in [-0.4, -0.2) is 27.3 Å². The zero-order chi connectivity index (χ0) is 13.0. The lowest BCUT2D eigenvalue weighted by Gasteiger charge is -2.22. The first-order valence-electron chi connectivity index (χ1n) is 5.97. The van der Waals surface area contributed by atoms with Crippen LogP contribution < -0.4 is 10.0 Å². The van der Waals surface area contributed by atoms with Crippen molar-refractivity contribution in [2.45, 2.75) is 19.4 Å². The topological polar surface area (TPSA) is 58.2 Å². The SMILES string of the molecule is O=S(=O)(CC1CCCNC1)NCc1sccc1Br. The fraction of sp³-hybridized carbons (Fsp3) is 0.636. The van der Waals surface area contributed by atoms with Crippen molar-refractivity contribution in [2.24, 2.45) is 5.92 Å². The van der Waals surface area contributed by atoms with Crippen LogP contribution in [0.15, 0.2) is 15.9 Å². The molecule has 2 heterocycles. The molecule has 102 valence electrons. The fourth-order valence-electron chi connectivity index (χ4n) is 2.06. The highest BCUT2D eigenvalue weighted by Gasteiger charge is 2.21. The summed E-state index contributed by atoms with van der Waals surface area (Å²) in [4.78, 5) is 1.01. The summed E-state index contributed by atoms with van der Waals surface area (Å²) in [7, 11) is -3.18. The van der Waals surface area contributed by atoms with Crippen LogP contribution in [-0.2, 0) is 16.6 Å². The second kappa shape index (κ2) is 6.47. The Bertz CT molecular complexity index is 481. The Hall–Kier alpha value is 0.0500. The van der Waals surface area contributed by atoms with E-state index in [0.717, 1.165) is 35.3 Å². The van der Waals surface area contributed by atoms with Crippen LogP contribution >= 0.6 is 27.3 Å². The van der Waals surface area contributed by atoms with E-state index < -0.39 is 10.0 Å². The summed E-state index contributed by atoms with van der Waals surface area (Å²) in [5.41, 5.74) is 0. The van der Waals surface area contributed by atoms with E-state index in [4.69, 9.17) is 0 Å². The molecule has 4 nitrogen and oxygen atoms in total. The van der Waals surface area contributed by atoms with E-state index in [-0.39, 0.29) is 11.7 Å². The van der Waals surface area contributed by atoms with Crippen LogP contribution in [0.1, 0.15) is 17.7 Å². The summed E-state index contributed by atoms with van der Waals surface area (Å²) >= 11 is 4.95. The molecular weight excluding hydrogens is 336 g/mol. The predicted molar refractivity (Wildman–Crippen MR) is 78.2 cm³/mol. The van der Waals surface area contributed by atoms with Crippen molar-refractivity contribution in [2.75, 3.05) is 18.8 Å². The molecule has 1 atom stereocenters. The van der Waals surface area contributed by atoms with Crippen LogP contribution in [0.4, 0.5) is 0 Å². The zero-order valence-corrected chi connectivity index (χ0v) is 13.2. The highest BCUT2D eigenvalue weighted by atomic mass is 79.9. The average molecular weight is 353 g/mol. The Labute approximate surface area is 120 Å². The zero-order valence-electron chi connectivity index (χ0n) is 9.99. The number of piperidine rings is 1. The summed E-state index contributed by atoms with van der Waals surface area (Å²) in [5.74, 6) is 0.464. The molecule has 0 aromatic carbocycles. The summed E-state index contributed by atoms with van der Waals surface area (Å²) in [6, 6.07) is 1.93. The monoisotopic (exact) mass is 352 g/mol. The van der Waals surface area contributed by atoms with Gasteiger partial charge in [0, 0.05) is 15.9 Å². The maximum Gasteiger partial charge on any atom is 0.212 e. The van der Waals surface area contributed by atoms with Gasteiger partial charge in [-0.3, -0.25) is 0 Å². The third kappa shape index (κ3) is 4.31. The Kier molecular flexibility index (Phi) is 5.20. The van der Waals surface area contributed by atoms with Crippen LogP contribution in [0.3, 0.4) is 0 Å². The van der Waals surface area contributed by atoms with Gasteiger partial charge in [-0.1, -0.05) is 0 Å². The van der Waals surface area contributed by atoms with Gasteiger partial charge >= 0.3 is 0 Å². The van der Waals surface area contributed by atoms with E-state index in [1.807, 2.05) is 11.4 Å². The second-order valence-electron chi connectivity index (χ2n) is 4.51. The van der Waals surface area contributed by atoms with Crippen LogP contribution in [0, 0.1) is 5.92 Å². The molecule has 1 aromatic heterocycles. The molecule has 1 unspecified atom stereocenters. The van der Waals surface area contributed by atoms with Gasteiger partial charge < -0.3 is 5.32 Å². The van der Waals surface area contributed by atoms with Gasteiger partial charge in [0.05, 0.1) is 5.75 Å². The quantitative estimate of drug-likeness (QED) is 0.851. The standard InChI is InChI=1S/C11H17BrN2O2S2/c12-10-3-5-17-11(10)7-14-18(15,16)8-9-2-1-4-13-6-9/h3,5,9,13-14H,1-2,4,6-8H2. The number of hydrogen-bond donors (Lipinski definition) is 2. The molecule has 1 fully saturated rings. The number of hydrogen-bond acceptors (Lipinski definition) is 4. The van der Waals surface area contributed by atoms with Crippen molar-refractivity contribution in [3.05, 3.63) is 20.8 Å². The fourth-order valence-corrected chi connectivity index (χ4v) is 4.97. The highest BCUT2D eigenvalue weighted by Crippen LogP contribution is 2.22. The third-order valence-electron chi connectivity index (χ3n) is 3.00. The van der Waals surface area contributed by atoms with Crippen LogP contribution in [0.5, 0.6) is 0 Å². The minimum atomic E-state index is -3.18. The van der Waals surface area contributed by atoms with Crippen molar-refractivity contribution in [3.8, 4) is 0 Å². The van der Waals surface area contributed by atoms with E-state index in [2.05, 4.69) is 26.0 Å². The Morgan fingerprint density at radius 1 is 1.56 bits per heavy atom. The smallest absolute Gasteiger partial charge is 0.212 e. The maximum absolute atomic E-state index is 12.0. The van der Waals surface area contributed by atoms with E-state index in [9.17, 15) is 8.42 Å². The van der Waals surface area contributed by atoms with Crippen LogP contribution in [0.2, 0.25) is 0 Å². The van der Waals surface area contributed by atoms with Gasteiger partial charge in [-0.15, -0.1) is 11.3 Å².